The smallest absolute Gasteiger partial charge is 0.229 e. The van der Waals surface area contributed by atoms with Crippen molar-refractivity contribution in [1.82, 2.24) is 4.90 Å². The van der Waals surface area contributed by atoms with Crippen LogP contribution in [0, 0.1) is 0 Å². The summed E-state index contributed by atoms with van der Waals surface area (Å²) in [4.78, 5) is 27.5. The van der Waals surface area contributed by atoms with Crippen LogP contribution in [0.25, 0.3) is 0 Å². The van der Waals surface area contributed by atoms with Crippen molar-refractivity contribution in [3.63, 3.8) is 0 Å². The lowest BCUT2D eigenvalue weighted by atomic mass is 10.1. The fourth-order valence-corrected chi connectivity index (χ4v) is 1.33. The third-order valence-electron chi connectivity index (χ3n) is 2.00. The second-order valence-electron chi connectivity index (χ2n) is 3.10. The van der Waals surface area contributed by atoms with Crippen molar-refractivity contribution in [2.45, 2.75) is 19.3 Å². The molecule has 1 rings (SSSR count). The molecule has 14 heavy (non-hydrogen) atoms. The number of amides is 2. The van der Waals surface area contributed by atoms with Crippen molar-refractivity contribution in [3.05, 3.63) is 0 Å². The maximum atomic E-state index is 11.3. The highest BCUT2D eigenvalue weighted by Gasteiger charge is 2.24. The third-order valence-corrected chi connectivity index (χ3v) is 2.00. The molecule has 78 valence electrons. The molecule has 0 spiro atoms. The van der Waals surface area contributed by atoms with E-state index in [1.807, 2.05) is 0 Å². The molecule has 0 unspecified atom stereocenters. The Labute approximate surface area is 81.9 Å². The Hall–Kier alpha value is -1.59. The minimum atomic E-state index is -0.132. The minimum Gasteiger partial charge on any atom is -0.370 e. The zero-order chi connectivity index (χ0) is 10.6. The summed E-state index contributed by atoms with van der Waals surface area (Å²) in [5.74, 6) is -0.291. The summed E-state index contributed by atoms with van der Waals surface area (Å²) in [7, 11) is 0. The van der Waals surface area contributed by atoms with Crippen LogP contribution >= 0.6 is 0 Å². The van der Waals surface area contributed by atoms with E-state index in [1.165, 1.54) is 4.90 Å². The van der Waals surface area contributed by atoms with Crippen molar-refractivity contribution < 1.29 is 9.59 Å². The van der Waals surface area contributed by atoms with Gasteiger partial charge in [0, 0.05) is 19.4 Å². The fourth-order valence-electron chi connectivity index (χ4n) is 1.33. The van der Waals surface area contributed by atoms with E-state index in [0.717, 1.165) is 0 Å². The van der Waals surface area contributed by atoms with Crippen LogP contribution in [0.4, 0.5) is 0 Å². The highest BCUT2D eigenvalue weighted by Crippen LogP contribution is 2.11. The largest absolute Gasteiger partial charge is 0.370 e. The molecule has 0 aromatic rings. The van der Waals surface area contributed by atoms with Crippen LogP contribution in [0.3, 0.4) is 0 Å². The number of rotatable bonds is 3. The predicted molar refractivity (Wildman–Crippen MR) is 51.2 cm³/mol. The SMILES string of the molecule is NC(N)=NCCN1C(=O)CCCC1=O. The number of nitrogens with zero attached hydrogens (tertiary/aromatic N) is 2. The molecule has 1 aliphatic heterocycles. The van der Waals surface area contributed by atoms with Gasteiger partial charge in [0.1, 0.15) is 0 Å². The Morgan fingerprint density at radius 3 is 2.36 bits per heavy atom. The van der Waals surface area contributed by atoms with Gasteiger partial charge in [0.05, 0.1) is 6.54 Å². The number of likely N-dealkylation sites (tertiary alicyclic amines) is 1. The Morgan fingerprint density at radius 1 is 1.29 bits per heavy atom. The number of imide groups is 1. The molecule has 4 N–H and O–H groups in total. The first-order chi connectivity index (χ1) is 6.61. The van der Waals surface area contributed by atoms with Crippen LogP contribution in [0.2, 0.25) is 0 Å². The van der Waals surface area contributed by atoms with Gasteiger partial charge in [-0.3, -0.25) is 19.5 Å². The quantitative estimate of drug-likeness (QED) is 0.338. The molecule has 0 saturated carbocycles. The first-order valence-electron chi connectivity index (χ1n) is 4.50. The van der Waals surface area contributed by atoms with Crippen molar-refractivity contribution in [2.75, 3.05) is 13.1 Å². The molecule has 6 nitrogen and oxygen atoms in total. The van der Waals surface area contributed by atoms with E-state index in [9.17, 15) is 9.59 Å². The maximum Gasteiger partial charge on any atom is 0.229 e. The van der Waals surface area contributed by atoms with Gasteiger partial charge in [-0.2, -0.15) is 0 Å². The number of guanidine groups is 1. The van der Waals surface area contributed by atoms with E-state index in [2.05, 4.69) is 4.99 Å². The summed E-state index contributed by atoms with van der Waals surface area (Å²) >= 11 is 0. The lowest BCUT2D eigenvalue weighted by molar-refractivity contribution is -0.147. The highest BCUT2D eigenvalue weighted by atomic mass is 16.2. The zero-order valence-electron chi connectivity index (χ0n) is 7.90. The number of piperidine rings is 1. The summed E-state index contributed by atoms with van der Waals surface area (Å²) in [6.45, 7) is 0.551. The van der Waals surface area contributed by atoms with Crippen LogP contribution in [-0.4, -0.2) is 35.8 Å². The standard InChI is InChI=1S/C8H14N4O2/c9-8(10)11-4-5-12-6(13)2-1-3-7(12)14/h1-5H2,(H4,9,10,11). The number of carbonyl (C=O) groups is 2. The van der Waals surface area contributed by atoms with Crippen molar-refractivity contribution in [2.24, 2.45) is 16.5 Å². The normalized spacial score (nSPS) is 17.0. The lowest BCUT2D eigenvalue weighted by Gasteiger charge is -2.23. The molecular formula is C8H14N4O2. The second-order valence-corrected chi connectivity index (χ2v) is 3.10. The second kappa shape index (κ2) is 4.59. The van der Waals surface area contributed by atoms with Crippen LogP contribution in [0.5, 0.6) is 0 Å². The van der Waals surface area contributed by atoms with E-state index < -0.39 is 0 Å². The van der Waals surface area contributed by atoms with Gasteiger partial charge in [0.25, 0.3) is 0 Å². The van der Waals surface area contributed by atoms with Crippen LogP contribution < -0.4 is 11.5 Å². The molecular weight excluding hydrogens is 184 g/mol. The van der Waals surface area contributed by atoms with Crippen LogP contribution in [-0.2, 0) is 9.59 Å². The molecule has 1 saturated heterocycles. The maximum absolute atomic E-state index is 11.3. The molecule has 1 aliphatic rings. The Balaban J connectivity index is 2.45. The summed E-state index contributed by atoms with van der Waals surface area (Å²) in [5, 5.41) is 0. The monoisotopic (exact) mass is 198 g/mol. The van der Waals surface area contributed by atoms with Gasteiger partial charge in [-0.15, -0.1) is 0 Å². The van der Waals surface area contributed by atoms with Crippen LogP contribution in [0.1, 0.15) is 19.3 Å². The number of aliphatic imine (C=N–C) groups is 1. The molecule has 0 atom stereocenters. The summed E-state index contributed by atoms with van der Waals surface area (Å²) in [6.07, 6.45) is 1.53. The number of nitrogens with two attached hydrogens (primary N) is 2. The van der Waals surface area contributed by atoms with E-state index in [4.69, 9.17) is 11.5 Å². The zero-order valence-corrected chi connectivity index (χ0v) is 7.90. The van der Waals surface area contributed by atoms with Gasteiger partial charge in [-0.05, 0) is 6.42 Å². The van der Waals surface area contributed by atoms with Gasteiger partial charge in [0.2, 0.25) is 11.8 Å². The summed E-state index contributed by atoms with van der Waals surface area (Å²) in [6, 6.07) is 0. The van der Waals surface area contributed by atoms with Crippen molar-refractivity contribution in [1.29, 1.82) is 0 Å². The molecule has 0 aromatic carbocycles. The van der Waals surface area contributed by atoms with Gasteiger partial charge >= 0.3 is 0 Å². The highest BCUT2D eigenvalue weighted by molar-refractivity contribution is 5.97. The van der Waals surface area contributed by atoms with Crippen molar-refractivity contribution >= 4 is 17.8 Å². The van der Waals surface area contributed by atoms with Crippen LogP contribution in [0.15, 0.2) is 4.99 Å². The molecule has 0 aliphatic carbocycles. The Bertz CT molecular complexity index is 255. The molecule has 6 heteroatoms. The average molecular weight is 198 g/mol. The molecule has 0 radical (unpaired) electrons. The van der Waals surface area contributed by atoms with Crippen molar-refractivity contribution in [3.8, 4) is 0 Å². The summed E-state index contributed by atoms with van der Waals surface area (Å²) < 4.78 is 0. The Morgan fingerprint density at radius 2 is 1.86 bits per heavy atom. The first-order valence-corrected chi connectivity index (χ1v) is 4.50. The van der Waals surface area contributed by atoms with Gasteiger partial charge in [-0.25, -0.2) is 0 Å². The molecule has 1 heterocycles. The predicted octanol–water partition coefficient (Wildman–Crippen LogP) is -1.20. The molecule has 2 amide bonds. The molecule has 0 bridgehead atoms. The van der Waals surface area contributed by atoms with Gasteiger partial charge in [-0.1, -0.05) is 0 Å². The van der Waals surface area contributed by atoms with Gasteiger partial charge in [0.15, 0.2) is 5.96 Å². The third kappa shape index (κ3) is 2.72. The van der Waals surface area contributed by atoms with E-state index in [-0.39, 0.29) is 30.9 Å². The Kier molecular flexibility index (Phi) is 3.44. The minimum absolute atomic E-state index is 0.0260. The van der Waals surface area contributed by atoms with E-state index in [0.29, 0.717) is 19.3 Å². The van der Waals surface area contributed by atoms with E-state index >= 15 is 0 Å². The van der Waals surface area contributed by atoms with Gasteiger partial charge < -0.3 is 11.5 Å². The molecule has 1 fully saturated rings. The first kappa shape index (κ1) is 10.5. The number of hydrogen-bond acceptors (Lipinski definition) is 3. The average Bonchev–Trinajstić information content (AvgIpc) is 2.09. The molecule has 0 aromatic heterocycles. The number of carbonyl (C=O) groups excluding carboxylic acids is 2. The number of hydrogen-bond donors (Lipinski definition) is 2. The van der Waals surface area contributed by atoms with E-state index in [1.54, 1.807) is 0 Å². The summed E-state index contributed by atoms with van der Waals surface area (Å²) in [5.41, 5.74) is 10.2. The fraction of sp³-hybridized carbons (Fsp3) is 0.625. The topological polar surface area (TPSA) is 102 Å². The lowest BCUT2D eigenvalue weighted by Crippen LogP contribution is -2.41.